The third-order valence-corrected chi connectivity index (χ3v) is 5.21. The molecule has 1 aromatic heterocycles. The van der Waals surface area contributed by atoms with E-state index in [0.29, 0.717) is 5.92 Å². The first kappa shape index (κ1) is 19.5. The predicted octanol–water partition coefficient (Wildman–Crippen LogP) is 3.99. The molecule has 1 aliphatic rings. The van der Waals surface area contributed by atoms with Crippen LogP contribution in [0.25, 0.3) is 0 Å². The van der Waals surface area contributed by atoms with Crippen LogP contribution in [0.1, 0.15) is 43.8 Å². The molecule has 0 unspecified atom stereocenters. The highest BCUT2D eigenvalue weighted by Gasteiger charge is 2.21. The largest absolute Gasteiger partial charge is 0.353 e. The molecule has 0 bridgehead atoms. The van der Waals surface area contributed by atoms with Gasteiger partial charge in [0.1, 0.15) is 11.6 Å². The van der Waals surface area contributed by atoms with Crippen molar-refractivity contribution in [2.24, 2.45) is 0 Å². The van der Waals surface area contributed by atoms with E-state index in [9.17, 15) is 0 Å². The zero-order chi connectivity index (χ0) is 19.4. The standard InChI is InChI=1S/C21H29N5S/c1-5-17-7-6-8-18(14-17)23-21(27)26-11-9-25(10-12-26)19-13-16(4)22-20(24-19)15(2)3/h6-8,13-15H,5,9-12H2,1-4H3,(H,23,27). The number of anilines is 2. The lowest BCUT2D eigenvalue weighted by Crippen LogP contribution is -2.50. The second-order valence-electron chi connectivity index (χ2n) is 7.34. The summed E-state index contributed by atoms with van der Waals surface area (Å²) in [4.78, 5) is 13.9. The Morgan fingerprint density at radius 2 is 1.89 bits per heavy atom. The summed E-state index contributed by atoms with van der Waals surface area (Å²) in [6.07, 6.45) is 1.03. The summed E-state index contributed by atoms with van der Waals surface area (Å²) >= 11 is 5.64. The Labute approximate surface area is 167 Å². The van der Waals surface area contributed by atoms with Crippen molar-refractivity contribution in [2.45, 2.75) is 40.0 Å². The van der Waals surface area contributed by atoms with E-state index < -0.39 is 0 Å². The maximum atomic E-state index is 5.64. The van der Waals surface area contributed by atoms with Crippen molar-refractivity contribution in [3.63, 3.8) is 0 Å². The molecule has 0 atom stereocenters. The molecule has 1 N–H and O–H groups in total. The van der Waals surface area contributed by atoms with E-state index in [1.807, 2.05) is 6.92 Å². The van der Waals surface area contributed by atoms with Crippen LogP contribution in [-0.4, -0.2) is 46.2 Å². The number of piperazine rings is 1. The number of aryl methyl sites for hydroxylation is 2. The predicted molar refractivity (Wildman–Crippen MR) is 117 cm³/mol. The average molecular weight is 384 g/mol. The van der Waals surface area contributed by atoms with Gasteiger partial charge in [-0.25, -0.2) is 9.97 Å². The number of thiocarbonyl (C=S) groups is 1. The summed E-state index contributed by atoms with van der Waals surface area (Å²) in [5.74, 6) is 2.28. The van der Waals surface area contributed by atoms with Crippen LogP contribution in [-0.2, 0) is 6.42 Å². The van der Waals surface area contributed by atoms with Crippen molar-refractivity contribution >= 4 is 28.8 Å². The van der Waals surface area contributed by atoms with Gasteiger partial charge in [0.05, 0.1) is 0 Å². The maximum Gasteiger partial charge on any atom is 0.173 e. The summed E-state index contributed by atoms with van der Waals surface area (Å²) in [5.41, 5.74) is 3.40. The normalized spacial score (nSPS) is 14.6. The molecule has 1 aromatic carbocycles. The van der Waals surface area contributed by atoms with Crippen LogP contribution in [0.2, 0.25) is 0 Å². The van der Waals surface area contributed by atoms with Gasteiger partial charge in [-0.1, -0.05) is 32.9 Å². The Kier molecular flexibility index (Phi) is 6.26. The summed E-state index contributed by atoms with van der Waals surface area (Å²) in [7, 11) is 0. The number of benzene rings is 1. The summed E-state index contributed by atoms with van der Waals surface area (Å²) in [6, 6.07) is 10.5. The second-order valence-corrected chi connectivity index (χ2v) is 7.73. The van der Waals surface area contributed by atoms with Gasteiger partial charge in [0, 0.05) is 49.5 Å². The van der Waals surface area contributed by atoms with Crippen LogP contribution < -0.4 is 10.2 Å². The van der Waals surface area contributed by atoms with Gasteiger partial charge in [-0.3, -0.25) is 0 Å². The molecule has 144 valence electrons. The maximum absolute atomic E-state index is 5.64. The van der Waals surface area contributed by atoms with Crippen molar-refractivity contribution in [3.05, 3.63) is 47.4 Å². The Morgan fingerprint density at radius 1 is 1.15 bits per heavy atom. The van der Waals surface area contributed by atoms with Crippen LogP contribution in [0.5, 0.6) is 0 Å². The minimum atomic E-state index is 0.334. The summed E-state index contributed by atoms with van der Waals surface area (Å²) < 4.78 is 0. The number of hydrogen-bond donors (Lipinski definition) is 1. The lowest BCUT2D eigenvalue weighted by atomic mass is 10.1. The fourth-order valence-electron chi connectivity index (χ4n) is 3.20. The van der Waals surface area contributed by atoms with E-state index in [-0.39, 0.29) is 0 Å². The van der Waals surface area contributed by atoms with Crippen LogP contribution in [0, 0.1) is 6.92 Å². The minimum absolute atomic E-state index is 0.334. The molecule has 27 heavy (non-hydrogen) atoms. The highest BCUT2D eigenvalue weighted by Crippen LogP contribution is 2.19. The molecule has 6 heteroatoms. The van der Waals surface area contributed by atoms with E-state index in [2.05, 4.69) is 71.2 Å². The Morgan fingerprint density at radius 3 is 2.56 bits per heavy atom. The number of nitrogens with zero attached hydrogens (tertiary/aromatic N) is 4. The van der Waals surface area contributed by atoms with Crippen molar-refractivity contribution in [3.8, 4) is 0 Å². The molecule has 0 radical (unpaired) electrons. The molecule has 5 nitrogen and oxygen atoms in total. The van der Waals surface area contributed by atoms with Gasteiger partial charge in [-0.2, -0.15) is 0 Å². The van der Waals surface area contributed by atoms with Crippen LogP contribution in [0.3, 0.4) is 0 Å². The highest BCUT2D eigenvalue weighted by molar-refractivity contribution is 7.80. The van der Waals surface area contributed by atoms with Gasteiger partial charge >= 0.3 is 0 Å². The highest BCUT2D eigenvalue weighted by atomic mass is 32.1. The van der Waals surface area contributed by atoms with Gasteiger partial charge in [-0.15, -0.1) is 0 Å². The molecular weight excluding hydrogens is 354 g/mol. The summed E-state index contributed by atoms with van der Waals surface area (Å²) in [5, 5.41) is 4.18. The fourth-order valence-corrected chi connectivity index (χ4v) is 3.51. The lowest BCUT2D eigenvalue weighted by molar-refractivity contribution is 0.389. The van der Waals surface area contributed by atoms with E-state index >= 15 is 0 Å². The van der Waals surface area contributed by atoms with Gasteiger partial charge in [0.25, 0.3) is 0 Å². The molecule has 1 aliphatic heterocycles. The molecular formula is C21H29N5S. The monoisotopic (exact) mass is 383 g/mol. The SMILES string of the molecule is CCc1cccc(NC(=S)N2CCN(c3cc(C)nc(C(C)C)n3)CC2)c1. The van der Waals surface area contributed by atoms with Gasteiger partial charge in [-0.05, 0) is 43.3 Å². The zero-order valence-corrected chi connectivity index (χ0v) is 17.5. The van der Waals surface area contributed by atoms with E-state index in [1.54, 1.807) is 0 Å². The smallest absolute Gasteiger partial charge is 0.173 e. The number of rotatable bonds is 4. The summed E-state index contributed by atoms with van der Waals surface area (Å²) in [6.45, 7) is 12.1. The minimum Gasteiger partial charge on any atom is -0.353 e. The van der Waals surface area contributed by atoms with Gasteiger partial charge < -0.3 is 15.1 Å². The van der Waals surface area contributed by atoms with Crippen LogP contribution in [0.4, 0.5) is 11.5 Å². The first-order chi connectivity index (χ1) is 13.0. The molecule has 0 aliphatic carbocycles. The molecule has 0 amide bonds. The van der Waals surface area contributed by atoms with E-state index in [0.717, 1.165) is 60.7 Å². The third-order valence-electron chi connectivity index (χ3n) is 4.85. The molecule has 0 saturated carbocycles. The molecule has 2 aromatic rings. The first-order valence-electron chi connectivity index (χ1n) is 9.71. The molecule has 2 heterocycles. The Balaban J connectivity index is 1.60. The first-order valence-corrected chi connectivity index (χ1v) is 10.1. The lowest BCUT2D eigenvalue weighted by Gasteiger charge is -2.37. The quantitative estimate of drug-likeness (QED) is 0.806. The Hall–Kier alpha value is -2.21. The topological polar surface area (TPSA) is 44.3 Å². The number of aromatic nitrogens is 2. The van der Waals surface area contributed by atoms with Crippen molar-refractivity contribution < 1.29 is 0 Å². The molecule has 3 rings (SSSR count). The van der Waals surface area contributed by atoms with Crippen molar-refractivity contribution in [2.75, 3.05) is 36.4 Å². The molecule has 0 spiro atoms. The van der Waals surface area contributed by atoms with Crippen molar-refractivity contribution in [1.29, 1.82) is 0 Å². The number of hydrogen-bond acceptors (Lipinski definition) is 4. The van der Waals surface area contributed by atoms with Crippen molar-refractivity contribution in [1.82, 2.24) is 14.9 Å². The Bertz CT molecular complexity index is 797. The molecule has 1 saturated heterocycles. The third kappa shape index (κ3) is 4.95. The fraction of sp³-hybridized carbons (Fsp3) is 0.476. The van der Waals surface area contributed by atoms with Gasteiger partial charge in [0.15, 0.2) is 5.11 Å². The second kappa shape index (κ2) is 8.65. The van der Waals surface area contributed by atoms with E-state index in [4.69, 9.17) is 17.2 Å². The van der Waals surface area contributed by atoms with E-state index in [1.165, 1.54) is 5.56 Å². The van der Waals surface area contributed by atoms with Crippen LogP contribution in [0.15, 0.2) is 30.3 Å². The average Bonchev–Trinajstić information content (AvgIpc) is 2.67. The number of nitrogens with one attached hydrogen (secondary N) is 1. The zero-order valence-electron chi connectivity index (χ0n) is 16.7. The molecule has 1 fully saturated rings. The van der Waals surface area contributed by atoms with Crippen LogP contribution >= 0.6 is 12.2 Å². The van der Waals surface area contributed by atoms with Gasteiger partial charge in [0.2, 0.25) is 0 Å².